The molecule has 1 N–H and O–H groups in total. The van der Waals surface area contributed by atoms with Crippen molar-refractivity contribution < 1.29 is 9.59 Å². The van der Waals surface area contributed by atoms with Gasteiger partial charge < -0.3 is 10.2 Å². The van der Waals surface area contributed by atoms with Crippen LogP contribution < -0.4 is 5.32 Å². The first kappa shape index (κ1) is 25.1. The third-order valence-corrected chi connectivity index (χ3v) is 5.94. The third kappa shape index (κ3) is 6.75. The van der Waals surface area contributed by atoms with E-state index in [-0.39, 0.29) is 11.8 Å². The van der Waals surface area contributed by atoms with Crippen molar-refractivity contribution in [2.45, 2.75) is 32.7 Å². The molecule has 0 aliphatic carbocycles. The smallest absolute Gasteiger partial charge is 0.253 e. The summed E-state index contributed by atoms with van der Waals surface area (Å²) in [6.07, 6.45) is 3.45. The molecule has 3 aromatic rings. The fourth-order valence-corrected chi connectivity index (χ4v) is 3.87. The van der Waals surface area contributed by atoms with Gasteiger partial charge in [0.05, 0.1) is 0 Å². The van der Waals surface area contributed by atoms with Gasteiger partial charge in [0, 0.05) is 43.3 Å². The SMILES string of the molecule is CCc1ccc(C(=O)N(C)CCCN(C)C(C(=O)Nc2ccccc2)c2ccc(C)nc2)cc1. The summed E-state index contributed by atoms with van der Waals surface area (Å²) in [6.45, 7) is 5.26. The van der Waals surface area contributed by atoms with Crippen molar-refractivity contribution in [2.24, 2.45) is 0 Å². The largest absolute Gasteiger partial charge is 0.342 e. The highest BCUT2D eigenvalue weighted by molar-refractivity contribution is 5.95. The fourth-order valence-electron chi connectivity index (χ4n) is 3.87. The minimum Gasteiger partial charge on any atom is -0.342 e. The monoisotopic (exact) mass is 458 g/mol. The highest BCUT2D eigenvalue weighted by atomic mass is 16.2. The molecule has 6 nitrogen and oxygen atoms in total. The normalized spacial score (nSPS) is 11.8. The molecule has 0 fully saturated rings. The molecule has 1 aromatic heterocycles. The van der Waals surface area contributed by atoms with Gasteiger partial charge in [-0.15, -0.1) is 0 Å². The summed E-state index contributed by atoms with van der Waals surface area (Å²) in [6, 6.07) is 20.6. The van der Waals surface area contributed by atoms with Crippen molar-refractivity contribution in [3.63, 3.8) is 0 Å². The van der Waals surface area contributed by atoms with Crippen LogP contribution in [0, 0.1) is 6.92 Å². The molecular weight excluding hydrogens is 424 g/mol. The second kappa shape index (κ2) is 12.1. The van der Waals surface area contributed by atoms with Crippen molar-refractivity contribution in [3.8, 4) is 0 Å². The number of carbonyl (C=O) groups excluding carboxylic acids is 2. The van der Waals surface area contributed by atoms with Crippen molar-refractivity contribution >= 4 is 17.5 Å². The lowest BCUT2D eigenvalue weighted by Crippen LogP contribution is -2.37. The van der Waals surface area contributed by atoms with E-state index in [4.69, 9.17) is 0 Å². The summed E-state index contributed by atoms with van der Waals surface area (Å²) in [5, 5.41) is 3.01. The Morgan fingerprint density at radius 1 is 0.941 bits per heavy atom. The molecule has 3 rings (SSSR count). The first-order valence-corrected chi connectivity index (χ1v) is 11.7. The van der Waals surface area contributed by atoms with Crippen LogP contribution in [0.2, 0.25) is 0 Å². The molecule has 34 heavy (non-hydrogen) atoms. The number of benzene rings is 2. The molecule has 0 saturated carbocycles. The second-order valence-electron chi connectivity index (χ2n) is 8.60. The van der Waals surface area contributed by atoms with E-state index in [1.165, 1.54) is 5.56 Å². The molecule has 1 heterocycles. The summed E-state index contributed by atoms with van der Waals surface area (Å²) >= 11 is 0. The van der Waals surface area contributed by atoms with Gasteiger partial charge >= 0.3 is 0 Å². The first-order chi connectivity index (χ1) is 16.4. The molecule has 0 saturated heterocycles. The maximum Gasteiger partial charge on any atom is 0.253 e. The van der Waals surface area contributed by atoms with E-state index < -0.39 is 6.04 Å². The average molecular weight is 459 g/mol. The topological polar surface area (TPSA) is 65.5 Å². The molecule has 0 bridgehead atoms. The Labute approximate surface area is 202 Å². The number of likely N-dealkylation sites (N-methyl/N-ethyl adjacent to an activating group) is 1. The number of nitrogens with zero attached hydrogens (tertiary/aromatic N) is 3. The molecule has 0 radical (unpaired) electrons. The van der Waals surface area contributed by atoms with Gasteiger partial charge in [-0.1, -0.05) is 43.3 Å². The lowest BCUT2D eigenvalue weighted by atomic mass is 10.1. The van der Waals surface area contributed by atoms with E-state index >= 15 is 0 Å². The molecule has 1 unspecified atom stereocenters. The number of hydrogen-bond acceptors (Lipinski definition) is 4. The van der Waals surface area contributed by atoms with E-state index in [2.05, 4.69) is 17.2 Å². The van der Waals surface area contributed by atoms with Crippen LogP contribution in [0.1, 0.15) is 46.6 Å². The summed E-state index contributed by atoms with van der Waals surface area (Å²) in [5.41, 5.74) is 4.40. The van der Waals surface area contributed by atoms with E-state index in [1.54, 1.807) is 11.1 Å². The zero-order valence-electron chi connectivity index (χ0n) is 20.5. The van der Waals surface area contributed by atoms with Crippen molar-refractivity contribution in [1.82, 2.24) is 14.8 Å². The third-order valence-electron chi connectivity index (χ3n) is 5.94. The van der Waals surface area contributed by atoms with E-state index in [1.807, 2.05) is 92.6 Å². The van der Waals surface area contributed by atoms with E-state index in [0.29, 0.717) is 18.7 Å². The Kier molecular flexibility index (Phi) is 8.93. The van der Waals surface area contributed by atoms with Gasteiger partial charge in [-0.3, -0.25) is 19.5 Å². The molecule has 178 valence electrons. The highest BCUT2D eigenvalue weighted by Gasteiger charge is 2.26. The Hall–Kier alpha value is -3.51. The molecule has 2 aromatic carbocycles. The minimum atomic E-state index is -0.490. The van der Waals surface area contributed by atoms with Crippen LogP contribution in [0.4, 0.5) is 5.69 Å². The second-order valence-corrected chi connectivity index (χ2v) is 8.60. The lowest BCUT2D eigenvalue weighted by Gasteiger charge is -2.28. The number of hydrogen-bond donors (Lipinski definition) is 1. The van der Waals surface area contributed by atoms with Gasteiger partial charge in [-0.05, 0) is 68.3 Å². The van der Waals surface area contributed by atoms with Crippen LogP contribution in [-0.2, 0) is 11.2 Å². The summed E-state index contributed by atoms with van der Waals surface area (Å²) < 4.78 is 0. The number of aryl methyl sites for hydroxylation is 2. The number of nitrogens with one attached hydrogen (secondary N) is 1. The Balaban J connectivity index is 1.63. The summed E-state index contributed by atoms with van der Waals surface area (Å²) in [5.74, 6) is -0.105. The molecule has 0 aliphatic rings. The quantitative estimate of drug-likeness (QED) is 0.477. The Bertz CT molecular complexity index is 1070. The highest BCUT2D eigenvalue weighted by Crippen LogP contribution is 2.22. The predicted octanol–water partition coefficient (Wildman–Crippen LogP) is 4.73. The van der Waals surface area contributed by atoms with E-state index in [9.17, 15) is 9.59 Å². The van der Waals surface area contributed by atoms with Gasteiger partial charge in [0.15, 0.2) is 0 Å². The Morgan fingerprint density at radius 2 is 1.65 bits per heavy atom. The molecule has 6 heteroatoms. The van der Waals surface area contributed by atoms with Crippen LogP contribution >= 0.6 is 0 Å². The molecule has 0 spiro atoms. The number of carbonyl (C=O) groups is 2. The van der Waals surface area contributed by atoms with Crippen LogP contribution in [0.15, 0.2) is 72.9 Å². The van der Waals surface area contributed by atoms with Gasteiger partial charge in [0.1, 0.15) is 6.04 Å². The van der Waals surface area contributed by atoms with Gasteiger partial charge in [0.25, 0.3) is 5.91 Å². The zero-order valence-corrected chi connectivity index (χ0v) is 20.5. The van der Waals surface area contributed by atoms with Crippen LogP contribution in [0.5, 0.6) is 0 Å². The first-order valence-electron chi connectivity index (χ1n) is 11.7. The minimum absolute atomic E-state index is 0.00594. The lowest BCUT2D eigenvalue weighted by molar-refractivity contribution is -0.121. The van der Waals surface area contributed by atoms with E-state index in [0.717, 1.165) is 29.8 Å². The average Bonchev–Trinajstić information content (AvgIpc) is 2.85. The predicted molar refractivity (Wildman–Crippen MR) is 137 cm³/mol. The summed E-state index contributed by atoms with van der Waals surface area (Å²) in [7, 11) is 3.75. The van der Waals surface area contributed by atoms with Crippen LogP contribution in [-0.4, -0.2) is 53.8 Å². The van der Waals surface area contributed by atoms with Crippen molar-refractivity contribution in [1.29, 1.82) is 0 Å². The van der Waals surface area contributed by atoms with Crippen molar-refractivity contribution in [2.75, 3.05) is 32.5 Å². The number of aromatic nitrogens is 1. The number of pyridine rings is 1. The maximum absolute atomic E-state index is 13.2. The molecule has 1 atom stereocenters. The Morgan fingerprint density at radius 3 is 2.26 bits per heavy atom. The standard InChI is InChI=1S/C28H34N4O2/c1-5-22-13-16-23(17-14-22)28(34)32(4)19-9-18-31(3)26(24-15-12-21(2)29-20-24)27(33)30-25-10-7-6-8-11-25/h6-8,10-17,20,26H,5,9,18-19H2,1-4H3,(H,30,33). The van der Waals surface area contributed by atoms with Gasteiger partial charge in [-0.25, -0.2) is 0 Å². The van der Waals surface area contributed by atoms with Crippen molar-refractivity contribution in [3.05, 3.63) is 95.3 Å². The number of para-hydroxylation sites is 1. The maximum atomic E-state index is 13.2. The molecule has 2 amide bonds. The van der Waals surface area contributed by atoms with Crippen LogP contribution in [0.3, 0.4) is 0 Å². The van der Waals surface area contributed by atoms with Crippen LogP contribution in [0.25, 0.3) is 0 Å². The zero-order chi connectivity index (χ0) is 24.5. The van der Waals surface area contributed by atoms with Gasteiger partial charge in [0.2, 0.25) is 5.91 Å². The number of rotatable bonds is 10. The summed E-state index contributed by atoms with van der Waals surface area (Å²) in [4.78, 5) is 34.1. The number of amides is 2. The van der Waals surface area contributed by atoms with Gasteiger partial charge in [-0.2, -0.15) is 0 Å². The molecular formula is C28H34N4O2. The number of anilines is 1. The fraction of sp³-hybridized carbons (Fsp3) is 0.321. The molecule has 0 aliphatic heterocycles.